The Morgan fingerprint density at radius 3 is 2.50 bits per heavy atom. The van der Waals surface area contributed by atoms with Gasteiger partial charge in [-0.25, -0.2) is 4.79 Å². The third-order valence-corrected chi connectivity index (χ3v) is 4.68. The fraction of sp³-hybridized carbons (Fsp3) is 0.300. The number of hydrogen-bond donors (Lipinski definition) is 1. The predicted molar refractivity (Wildman–Crippen MR) is 91.9 cm³/mol. The number of rotatable bonds is 4. The molecule has 24 heavy (non-hydrogen) atoms. The van der Waals surface area contributed by atoms with Crippen LogP contribution in [-0.2, 0) is 24.2 Å². The van der Waals surface area contributed by atoms with Crippen molar-refractivity contribution in [3.05, 3.63) is 70.8 Å². The Kier molecular flexibility index (Phi) is 4.65. The average Bonchev–Trinajstić information content (AvgIpc) is 2.59. The molecule has 1 aliphatic rings. The summed E-state index contributed by atoms with van der Waals surface area (Å²) in [5, 5.41) is 9.24. The highest BCUT2D eigenvalue weighted by atomic mass is 16.4. The van der Waals surface area contributed by atoms with Crippen molar-refractivity contribution in [1.82, 2.24) is 4.90 Å². The van der Waals surface area contributed by atoms with Gasteiger partial charge in [-0.3, -0.25) is 4.79 Å². The topological polar surface area (TPSA) is 57.6 Å². The van der Waals surface area contributed by atoms with Gasteiger partial charge in [0.15, 0.2) is 0 Å². The lowest BCUT2D eigenvalue weighted by Gasteiger charge is -2.35. The van der Waals surface area contributed by atoms with Crippen LogP contribution in [0.3, 0.4) is 0 Å². The Balaban J connectivity index is 1.69. The quantitative estimate of drug-likeness (QED) is 0.939. The number of carboxylic acids is 1. The number of hydrogen-bond acceptors (Lipinski definition) is 2. The molecule has 0 saturated carbocycles. The van der Waals surface area contributed by atoms with Crippen LogP contribution in [0.1, 0.15) is 40.4 Å². The van der Waals surface area contributed by atoms with Crippen molar-refractivity contribution in [2.24, 2.45) is 0 Å². The van der Waals surface area contributed by atoms with Gasteiger partial charge in [0.25, 0.3) is 0 Å². The van der Waals surface area contributed by atoms with E-state index in [1.54, 1.807) is 18.2 Å². The normalized spacial score (nSPS) is 16.5. The second kappa shape index (κ2) is 6.87. The Bertz CT molecular complexity index is 769. The highest BCUT2D eigenvalue weighted by Crippen LogP contribution is 2.24. The lowest BCUT2D eigenvalue weighted by Crippen LogP contribution is -2.42. The zero-order valence-electron chi connectivity index (χ0n) is 13.7. The monoisotopic (exact) mass is 323 g/mol. The van der Waals surface area contributed by atoms with E-state index in [9.17, 15) is 14.7 Å². The first kappa shape index (κ1) is 16.2. The van der Waals surface area contributed by atoms with Crippen molar-refractivity contribution in [1.29, 1.82) is 0 Å². The van der Waals surface area contributed by atoms with Gasteiger partial charge in [0.1, 0.15) is 0 Å². The molecule has 0 radical (unpaired) electrons. The largest absolute Gasteiger partial charge is 0.478 e. The predicted octanol–water partition coefficient (Wildman–Crippen LogP) is 3.29. The minimum Gasteiger partial charge on any atom is -0.478 e. The van der Waals surface area contributed by atoms with Crippen LogP contribution in [0.2, 0.25) is 0 Å². The zero-order chi connectivity index (χ0) is 17.1. The summed E-state index contributed by atoms with van der Waals surface area (Å²) in [6.45, 7) is 2.70. The number of carbonyl (C=O) groups is 2. The molecule has 1 N–H and O–H groups in total. The Morgan fingerprint density at radius 1 is 1.08 bits per heavy atom. The van der Waals surface area contributed by atoms with Crippen LogP contribution < -0.4 is 0 Å². The summed E-state index contributed by atoms with van der Waals surface area (Å²) in [6.07, 6.45) is 1.65. The van der Waals surface area contributed by atoms with Crippen molar-refractivity contribution < 1.29 is 14.7 Å². The van der Waals surface area contributed by atoms with Gasteiger partial charge in [-0.15, -0.1) is 0 Å². The molecule has 1 heterocycles. The van der Waals surface area contributed by atoms with Crippen molar-refractivity contribution in [3.63, 3.8) is 0 Å². The van der Waals surface area contributed by atoms with Crippen LogP contribution in [-0.4, -0.2) is 27.9 Å². The fourth-order valence-corrected chi connectivity index (χ4v) is 3.34. The van der Waals surface area contributed by atoms with Crippen molar-refractivity contribution in [2.75, 3.05) is 0 Å². The van der Waals surface area contributed by atoms with E-state index in [0.29, 0.717) is 24.9 Å². The van der Waals surface area contributed by atoms with Gasteiger partial charge in [-0.05, 0) is 42.5 Å². The number of aromatic carboxylic acids is 1. The summed E-state index contributed by atoms with van der Waals surface area (Å²) >= 11 is 0. The Labute approximate surface area is 141 Å². The molecule has 4 heteroatoms. The SMILES string of the molecule is CC1Cc2ccccc2CN1C(=O)CCc1ccccc1C(=O)O. The molecule has 2 aromatic carbocycles. The van der Waals surface area contributed by atoms with Gasteiger partial charge in [0, 0.05) is 19.0 Å². The molecule has 3 rings (SSSR count). The van der Waals surface area contributed by atoms with Crippen molar-refractivity contribution in [3.8, 4) is 0 Å². The van der Waals surface area contributed by atoms with Crippen molar-refractivity contribution >= 4 is 11.9 Å². The lowest BCUT2D eigenvalue weighted by molar-refractivity contribution is -0.134. The summed E-state index contributed by atoms with van der Waals surface area (Å²) in [6, 6.07) is 15.3. The number of benzene rings is 2. The summed E-state index contributed by atoms with van der Waals surface area (Å²) < 4.78 is 0. The molecule has 0 fully saturated rings. The summed E-state index contributed by atoms with van der Waals surface area (Å²) in [5.74, 6) is -0.865. The van der Waals surface area contributed by atoms with Gasteiger partial charge in [-0.2, -0.15) is 0 Å². The van der Waals surface area contributed by atoms with E-state index in [1.165, 1.54) is 11.1 Å². The standard InChI is InChI=1S/C20H21NO3/c1-14-12-16-7-2-3-8-17(16)13-21(14)19(22)11-10-15-6-4-5-9-18(15)20(23)24/h2-9,14H,10-13H2,1H3,(H,23,24). The van der Waals surface area contributed by atoms with E-state index in [1.807, 2.05) is 23.1 Å². The summed E-state index contributed by atoms with van der Waals surface area (Å²) in [5.41, 5.74) is 3.51. The van der Waals surface area contributed by atoms with E-state index in [4.69, 9.17) is 0 Å². The molecule has 124 valence electrons. The van der Waals surface area contributed by atoms with E-state index in [0.717, 1.165) is 6.42 Å². The number of carbonyl (C=O) groups excluding carboxylic acids is 1. The highest BCUT2D eigenvalue weighted by Gasteiger charge is 2.26. The minimum atomic E-state index is -0.946. The molecule has 0 aromatic heterocycles. The minimum absolute atomic E-state index is 0.0807. The zero-order valence-corrected chi connectivity index (χ0v) is 13.7. The molecule has 0 saturated heterocycles. The lowest BCUT2D eigenvalue weighted by atomic mass is 9.94. The van der Waals surface area contributed by atoms with Crippen molar-refractivity contribution in [2.45, 2.75) is 38.8 Å². The van der Waals surface area contributed by atoms with Crippen LogP contribution in [0.5, 0.6) is 0 Å². The molecule has 1 amide bonds. The second-order valence-corrected chi connectivity index (χ2v) is 6.31. The molecule has 1 atom stereocenters. The van der Waals surface area contributed by atoms with E-state index in [2.05, 4.69) is 19.1 Å². The molecule has 0 bridgehead atoms. The molecular weight excluding hydrogens is 302 g/mol. The molecule has 1 aliphatic heterocycles. The Hall–Kier alpha value is -2.62. The first-order valence-electron chi connectivity index (χ1n) is 8.23. The maximum Gasteiger partial charge on any atom is 0.335 e. The first-order chi connectivity index (χ1) is 11.6. The Morgan fingerprint density at radius 2 is 1.75 bits per heavy atom. The smallest absolute Gasteiger partial charge is 0.335 e. The number of nitrogens with zero attached hydrogens (tertiary/aromatic N) is 1. The number of fused-ring (bicyclic) bond motifs is 1. The average molecular weight is 323 g/mol. The van der Waals surface area contributed by atoms with Gasteiger partial charge in [0.05, 0.1) is 5.56 Å². The maximum absolute atomic E-state index is 12.7. The van der Waals surface area contributed by atoms with Crippen LogP contribution in [0.15, 0.2) is 48.5 Å². The van der Waals surface area contributed by atoms with Gasteiger partial charge >= 0.3 is 5.97 Å². The van der Waals surface area contributed by atoms with Gasteiger partial charge in [0.2, 0.25) is 5.91 Å². The first-order valence-corrected chi connectivity index (χ1v) is 8.23. The van der Waals surface area contributed by atoms with E-state index >= 15 is 0 Å². The van der Waals surface area contributed by atoms with Crippen LogP contribution in [0, 0.1) is 0 Å². The fourth-order valence-electron chi connectivity index (χ4n) is 3.34. The van der Waals surface area contributed by atoms with E-state index in [-0.39, 0.29) is 17.5 Å². The summed E-state index contributed by atoms with van der Waals surface area (Å²) in [7, 11) is 0. The number of aryl methyl sites for hydroxylation is 1. The molecule has 0 spiro atoms. The third kappa shape index (κ3) is 3.32. The summed E-state index contributed by atoms with van der Waals surface area (Å²) in [4.78, 5) is 25.8. The van der Waals surface area contributed by atoms with Gasteiger partial charge in [-0.1, -0.05) is 42.5 Å². The molecule has 2 aromatic rings. The van der Waals surface area contributed by atoms with Gasteiger partial charge < -0.3 is 10.0 Å². The van der Waals surface area contributed by atoms with E-state index < -0.39 is 5.97 Å². The van der Waals surface area contributed by atoms with Crippen LogP contribution >= 0.6 is 0 Å². The third-order valence-electron chi connectivity index (χ3n) is 4.68. The molecule has 4 nitrogen and oxygen atoms in total. The molecular formula is C20H21NO3. The molecule has 0 aliphatic carbocycles. The number of carboxylic acid groups (broad SMARTS) is 1. The number of amides is 1. The molecule has 1 unspecified atom stereocenters. The second-order valence-electron chi connectivity index (χ2n) is 6.31. The highest BCUT2D eigenvalue weighted by molar-refractivity contribution is 5.89. The maximum atomic E-state index is 12.7. The van der Waals surface area contributed by atoms with Crippen LogP contribution in [0.4, 0.5) is 0 Å². The van der Waals surface area contributed by atoms with Crippen LogP contribution in [0.25, 0.3) is 0 Å².